The summed E-state index contributed by atoms with van der Waals surface area (Å²) in [6, 6.07) is 0. The molecule has 3 saturated carbocycles. The van der Waals surface area contributed by atoms with E-state index in [0.717, 1.165) is 0 Å². The Morgan fingerprint density at radius 3 is 1.67 bits per heavy atom. The number of rotatable bonds is 1. The van der Waals surface area contributed by atoms with Gasteiger partial charge in [-0.05, 0) is 50.1 Å². The molecule has 0 amide bonds. The minimum absolute atomic E-state index is 0.0644. The van der Waals surface area contributed by atoms with Crippen molar-refractivity contribution in [2.24, 2.45) is 10.8 Å². The van der Waals surface area contributed by atoms with Crippen LogP contribution in [0.15, 0.2) is 0 Å². The number of fused-ring (bicyclic) bond motifs is 3. The zero-order chi connectivity index (χ0) is 11.3. The van der Waals surface area contributed by atoms with Crippen molar-refractivity contribution in [3.05, 3.63) is 0 Å². The predicted molar refractivity (Wildman–Crippen MR) is 49.5 cm³/mol. The second-order valence-electron chi connectivity index (χ2n) is 4.83. The van der Waals surface area contributed by atoms with Crippen LogP contribution in [0.2, 0.25) is 0 Å². The number of halogens is 4. The number of carbonyl (C=O) groups excluding carboxylic acids is 1. The van der Waals surface area contributed by atoms with Gasteiger partial charge in [-0.2, -0.15) is 13.2 Å². The summed E-state index contributed by atoms with van der Waals surface area (Å²) >= 11 is 5.48. The van der Waals surface area contributed by atoms with Gasteiger partial charge in [0.1, 0.15) is 0 Å². The lowest BCUT2D eigenvalue weighted by Gasteiger charge is -2.52. The molecule has 0 aromatic rings. The second kappa shape index (κ2) is 3.12. The Morgan fingerprint density at radius 2 is 1.40 bits per heavy atom. The maximum Gasteiger partial charge on any atom is 0.394 e. The Labute approximate surface area is 91.0 Å². The summed E-state index contributed by atoms with van der Waals surface area (Å²) in [5, 5.41) is -0.446. The third-order valence-electron chi connectivity index (χ3n) is 4.26. The summed E-state index contributed by atoms with van der Waals surface area (Å²) in [4.78, 5) is 11.2. The lowest BCUT2D eigenvalue weighted by atomic mass is 9.54. The van der Waals surface area contributed by atoms with Crippen molar-refractivity contribution in [1.29, 1.82) is 0 Å². The molecular formula is C10H12ClF3O. The largest absolute Gasteiger partial charge is 0.394 e. The molecule has 0 aromatic carbocycles. The molecule has 2 bridgehead atoms. The Kier molecular flexibility index (Phi) is 2.34. The van der Waals surface area contributed by atoms with Gasteiger partial charge in [-0.25, -0.2) is 0 Å². The smallest absolute Gasteiger partial charge is 0.281 e. The molecule has 0 saturated heterocycles. The first-order chi connectivity index (χ1) is 6.81. The highest BCUT2D eigenvalue weighted by molar-refractivity contribution is 6.64. The van der Waals surface area contributed by atoms with Crippen LogP contribution in [0.1, 0.15) is 38.5 Å². The van der Waals surface area contributed by atoms with Gasteiger partial charge in [0.15, 0.2) is 0 Å². The predicted octanol–water partition coefficient (Wildman–Crippen LogP) is 3.65. The first-order valence-electron chi connectivity index (χ1n) is 5.08. The van der Waals surface area contributed by atoms with Crippen LogP contribution in [0.4, 0.5) is 13.2 Å². The number of hydrogen-bond donors (Lipinski definition) is 0. The van der Waals surface area contributed by atoms with E-state index in [4.69, 9.17) is 11.6 Å². The minimum atomic E-state index is -4.13. The summed E-state index contributed by atoms with van der Waals surface area (Å²) < 4.78 is 38.5. The molecule has 3 aliphatic rings. The van der Waals surface area contributed by atoms with E-state index in [0.29, 0.717) is 19.3 Å². The summed E-state index contributed by atoms with van der Waals surface area (Å²) in [6.45, 7) is 0. The molecule has 0 unspecified atom stereocenters. The fourth-order valence-corrected chi connectivity index (χ4v) is 3.19. The van der Waals surface area contributed by atoms with Crippen LogP contribution in [0.5, 0.6) is 0 Å². The molecule has 0 atom stereocenters. The van der Waals surface area contributed by atoms with Crippen LogP contribution < -0.4 is 0 Å². The molecule has 86 valence electrons. The van der Waals surface area contributed by atoms with Gasteiger partial charge < -0.3 is 0 Å². The van der Waals surface area contributed by atoms with Gasteiger partial charge in [-0.1, -0.05) is 0 Å². The Bertz CT molecular complexity index is 273. The Morgan fingerprint density at radius 1 is 1.00 bits per heavy atom. The first kappa shape index (κ1) is 11.2. The van der Waals surface area contributed by atoms with Gasteiger partial charge >= 0.3 is 6.18 Å². The highest BCUT2D eigenvalue weighted by Crippen LogP contribution is 2.63. The van der Waals surface area contributed by atoms with Crippen molar-refractivity contribution >= 4 is 16.8 Å². The molecule has 0 aliphatic heterocycles. The highest BCUT2D eigenvalue weighted by atomic mass is 35.5. The summed E-state index contributed by atoms with van der Waals surface area (Å²) in [5.74, 6) is 0. The fraction of sp³-hybridized carbons (Fsp3) is 0.900. The lowest BCUT2D eigenvalue weighted by Crippen LogP contribution is -2.51. The number of hydrogen-bond acceptors (Lipinski definition) is 1. The summed E-state index contributed by atoms with van der Waals surface area (Å²) in [6.07, 6.45) is -3.04. The summed E-state index contributed by atoms with van der Waals surface area (Å²) in [7, 11) is 0. The van der Waals surface area contributed by atoms with Gasteiger partial charge in [0.25, 0.3) is 0 Å². The van der Waals surface area contributed by atoms with Crippen molar-refractivity contribution in [3.63, 3.8) is 0 Å². The molecular weight excluding hydrogens is 229 g/mol. The zero-order valence-electron chi connectivity index (χ0n) is 8.16. The van der Waals surface area contributed by atoms with Crippen LogP contribution in [-0.2, 0) is 4.79 Å². The molecule has 3 fully saturated rings. The van der Waals surface area contributed by atoms with Crippen LogP contribution in [0.25, 0.3) is 0 Å². The van der Waals surface area contributed by atoms with E-state index < -0.39 is 22.2 Å². The molecule has 1 nitrogen and oxygen atoms in total. The number of alkyl halides is 3. The molecule has 0 aromatic heterocycles. The molecule has 0 radical (unpaired) electrons. The van der Waals surface area contributed by atoms with Crippen LogP contribution in [0, 0.1) is 10.8 Å². The van der Waals surface area contributed by atoms with Gasteiger partial charge in [-0.3, -0.25) is 4.79 Å². The number of carbonyl (C=O) groups is 1. The lowest BCUT2D eigenvalue weighted by molar-refractivity contribution is -0.257. The van der Waals surface area contributed by atoms with E-state index >= 15 is 0 Å². The van der Waals surface area contributed by atoms with Crippen molar-refractivity contribution in [2.45, 2.75) is 44.7 Å². The average Bonchev–Trinajstić information content (AvgIpc) is 2.19. The quantitative estimate of drug-likeness (QED) is 0.640. The minimum Gasteiger partial charge on any atom is -0.281 e. The normalized spacial score (nSPS) is 40.5. The zero-order valence-corrected chi connectivity index (χ0v) is 8.92. The molecule has 5 heteroatoms. The van der Waals surface area contributed by atoms with Crippen LogP contribution in [0.3, 0.4) is 0 Å². The van der Waals surface area contributed by atoms with Gasteiger partial charge in [0, 0.05) is 5.41 Å². The molecule has 3 aliphatic carbocycles. The van der Waals surface area contributed by atoms with E-state index in [-0.39, 0.29) is 19.3 Å². The monoisotopic (exact) mass is 240 g/mol. The molecule has 0 N–H and O–H groups in total. The third kappa shape index (κ3) is 1.49. The molecule has 15 heavy (non-hydrogen) atoms. The van der Waals surface area contributed by atoms with E-state index in [1.807, 2.05) is 0 Å². The highest BCUT2D eigenvalue weighted by Gasteiger charge is 2.62. The van der Waals surface area contributed by atoms with Crippen LogP contribution in [-0.4, -0.2) is 11.4 Å². The standard InChI is InChI=1S/C10H12ClF3O/c11-7(15)8-1-4-9(5-2-8,6-3-8)10(12,13)14/h1-6H2. The van der Waals surface area contributed by atoms with Crippen LogP contribution >= 0.6 is 11.6 Å². The van der Waals surface area contributed by atoms with Gasteiger partial charge in [-0.15, -0.1) is 0 Å². The van der Waals surface area contributed by atoms with E-state index in [2.05, 4.69) is 0 Å². The van der Waals surface area contributed by atoms with E-state index in [1.165, 1.54) is 0 Å². The maximum absolute atomic E-state index is 12.8. The second-order valence-corrected chi connectivity index (χ2v) is 5.18. The first-order valence-corrected chi connectivity index (χ1v) is 5.46. The van der Waals surface area contributed by atoms with Crippen molar-refractivity contribution in [3.8, 4) is 0 Å². The van der Waals surface area contributed by atoms with Gasteiger partial charge in [0.05, 0.1) is 5.41 Å². The van der Waals surface area contributed by atoms with Gasteiger partial charge in [0.2, 0.25) is 5.24 Å². The maximum atomic E-state index is 12.8. The fourth-order valence-electron chi connectivity index (χ4n) is 2.91. The third-order valence-corrected chi connectivity index (χ3v) is 4.67. The molecule has 0 heterocycles. The Balaban J connectivity index is 2.21. The summed E-state index contributed by atoms with van der Waals surface area (Å²) in [5.41, 5.74) is -2.17. The Hall–Kier alpha value is -0.250. The molecule has 3 rings (SSSR count). The molecule has 0 spiro atoms. The van der Waals surface area contributed by atoms with E-state index in [9.17, 15) is 18.0 Å². The van der Waals surface area contributed by atoms with Crippen molar-refractivity contribution < 1.29 is 18.0 Å². The average molecular weight is 241 g/mol. The van der Waals surface area contributed by atoms with Crippen molar-refractivity contribution in [2.75, 3.05) is 0 Å². The SMILES string of the molecule is O=C(Cl)C12CCC(C(F)(F)F)(CC1)CC2. The van der Waals surface area contributed by atoms with Crippen molar-refractivity contribution in [1.82, 2.24) is 0 Å². The topological polar surface area (TPSA) is 17.1 Å². The van der Waals surface area contributed by atoms with E-state index in [1.54, 1.807) is 0 Å².